The highest BCUT2D eigenvalue weighted by Gasteiger charge is 1.87. The van der Waals surface area contributed by atoms with Gasteiger partial charge in [0.25, 0.3) is 0 Å². The van der Waals surface area contributed by atoms with Crippen LogP contribution in [0.2, 0.25) is 0 Å². The second-order valence-electron chi connectivity index (χ2n) is 3.58. The van der Waals surface area contributed by atoms with Crippen molar-refractivity contribution in [3.05, 3.63) is 0 Å². The summed E-state index contributed by atoms with van der Waals surface area (Å²) in [6.45, 7) is 19.1. The smallest absolute Gasteiger partial charge is 0.303 e. The molecule has 5 nitrogen and oxygen atoms in total. The zero-order valence-electron chi connectivity index (χ0n) is 15.8. The number of carboxylic acids is 1. The van der Waals surface area contributed by atoms with Crippen LogP contribution in [0.3, 0.4) is 0 Å². The molecule has 0 fully saturated rings. The normalized spacial score (nSPS) is 6.76. The maximum Gasteiger partial charge on any atom is 0.303 e. The lowest BCUT2D eigenvalue weighted by molar-refractivity contribution is -0.137. The molecule has 1 amide bonds. The quantitative estimate of drug-likeness (QED) is 0.577. The number of aliphatic carboxylic acids is 1. The van der Waals surface area contributed by atoms with Crippen molar-refractivity contribution in [3.63, 3.8) is 0 Å². The Bertz CT molecular complexity index is 224. The molecule has 0 aromatic heterocycles. The predicted octanol–water partition coefficient (Wildman–Crippen LogP) is 4.86. The topological polar surface area (TPSA) is 78.8 Å². The van der Waals surface area contributed by atoms with Gasteiger partial charge in [0, 0.05) is 19.1 Å². The van der Waals surface area contributed by atoms with Crippen LogP contribution in [0.1, 0.15) is 88.5 Å². The van der Waals surface area contributed by atoms with E-state index < -0.39 is 5.97 Å². The van der Waals surface area contributed by atoms with E-state index in [0.29, 0.717) is 6.42 Å². The fraction of sp³-hybridized carbons (Fsp3) is 0.812. The highest BCUT2D eigenvalue weighted by atomic mass is 16.4. The lowest BCUT2D eigenvalue weighted by Crippen LogP contribution is -2.13. The summed E-state index contributed by atoms with van der Waals surface area (Å²) in [5.41, 5.74) is 3.14. The van der Waals surface area contributed by atoms with Crippen LogP contribution in [-0.2, 0) is 9.59 Å². The van der Waals surface area contributed by atoms with Gasteiger partial charge in [-0.3, -0.25) is 9.59 Å². The number of hydrazone groups is 1. The van der Waals surface area contributed by atoms with Crippen molar-refractivity contribution < 1.29 is 14.7 Å². The van der Waals surface area contributed by atoms with Gasteiger partial charge in [-0.25, -0.2) is 5.43 Å². The Hall–Kier alpha value is -1.39. The standard InChI is InChI=1S/C5H10N2O.C4H8O2.C3H8.2C2H6/c1-4(2)6-7-5(3)8;1-2-3-4(5)6;1-3-2;2*1-2/h1-3H3,(H,7,8);2-3H2,1H3,(H,5,6);3H2,1-2H3;2*1-2H3. The molecular formula is C16H38N2O3. The Kier molecular flexibility index (Phi) is 55.0. The van der Waals surface area contributed by atoms with E-state index in [1.165, 1.54) is 13.3 Å². The van der Waals surface area contributed by atoms with Crippen LogP contribution in [0.4, 0.5) is 0 Å². The van der Waals surface area contributed by atoms with Gasteiger partial charge in [-0.15, -0.1) is 0 Å². The largest absolute Gasteiger partial charge is 0.481 e. The van der Waals surface area contributed by atoms with Crippen LogP contribution in [0.5, 0.6) is 0 Å². The number of carbonyl (C=O) groups is 2. The van der Waals surface area contributed by atoms with E-state index in [2.05, 4.69) is 24.4 Å². The molecule has 0 saturated carbocycles. The summed E-state index contributed by atoms with van der Waals surface area (Å²) >= 11 is 0. The van der Waals surface area contributed by atoms with Crippen molar-refractivity contribution in [1.29, 1.82) is 0 Å². The number of nitrogens with one attached hydrogen (secondary N) is 1. The molecular weight excluding hydrogens is 268 g/mol. The maximum atomic E-state index is 10.1. The van der Waals surface area contributed by atoms with Crippen molar-refractivity contribution in [3.8, 4) is 0 Å². The van der Waals surface area contributed by atoms with Crippen LogP contribution in [0.25, 0.3) is 0 Å². The summed E-state index contributed by atoms with van der Waals surface area (Å²) in [6.07, 6.45) is 2.27. The molecule has 0 radical (unpaired) electrons. The minimum Gasteiger partial charge on any atom is -0.481 e. The van der Waals surface area contributed by atoms with Gasteiger partial charge in [-0.1, -0.05) is 54.9 Å². The molecule has 0 aliphatic carbocycles. The molecule has 5 heteroatoms. The van der Waals surface area contributed by atoms with E-state index in [9.17, 15) is 9.59 Å². The minimum atomic E-state index is -0.711. The molecule has 0 heterocycles. The number of carbonyl (C=O) groups excluding carboxylic acids is 1. The third-order valence-corrected chi connectivity index (χ3v) is 0.901. The molecule has 0 atom stereocenters. The second-order valence-corrected chi connectivity index (χ2v) is 3.58. The number of hydrogen-bond donors (Lipinski definition) is 2. The molecule has 130 valence electrons. The summed E-state index contributed by atoms with van der Waals surface area (Å²) in [4.78, 5) is 19.7. The Morgan fingerprint density at radius 1 is 0.952 bits per heavy atom. The first-order valence-corrected chi connectivity index (χ1v) is 7.80. The van der Waals surface area contributed by atoms with Crippen LogP contribution < -0.4 is 5.43 Å². The van der Waals surface area contributed by atoms with Crippen LogP contribution >= 0.6 is 0 Å². The molecule has 0 saturated heterocycles. The molecule has 21 heavy (non-hydrogen) atoms. The summed E-state index contributed by atoms with van der Waals surface area (Å²) in [6, 6.07) is 0. The maximum absolute atomic E-state index is 10.1. The third kappa shape index (κ3) is 118. The van der Waals surface area contributed by atoms with Crippen molar-refractivity contribution in [2.75, 3.05) is 0 Å². The highest BCUT2D eigenvalue weighted by molar-refractivity contribution is 5.81. The first-order valence-electron chi connectivity index (χ1n) is 7.80. The summed E-state index contributed by atoms with van der Waals surface area (Å²) in [5, 5.41) is 11.6. The van der Waals surface area contributed by atoms with Crippen LogP contribution in [0, 0.1) is 0 Å². The molecule has 0 unspecified atom stereocenters. The van der Waals surface area contributed by atoms with E-state index >= 15 is 0 Å². The van der Waals surface area contributed by atoms with E-state index in [1.54, 1.807) is 0 Å². The van der Waals surface area contributed by atoms with E-state index in [4.69, 9.17) is 5.11 Å². The van der Waals surface area contributed by atoms with E-state index in [0.717, 1.165) is 12.1 Å². The first kappa shape index (κ1) is 31.8. The minimum absolute atomic E-state index is 0.133. The predicted molar refractivity (Wildman–Crippen MR) is 93.8 cm³/mol. The average Bonchev–Trinajstić information content (AvgIpc) is 2.42. The molecule has 0 aromatic rings. The highest BCUT2D eigenvalue weighted by Crippen LogP contribution is 1.82. The average molecular weight is 306 g/mol. The fourth-order valence-electron chi connectivity index (χ4n) is 0.404. The van der Waals surface area contributed by atoms with Gasteiger partial charge in [-0.05, 0) is 20.3 Å². The van der Waals surface area contributed by atoms with Gasteiger partial charge in [0.2, 0.25) is 5.91 Å². The van der Waals surface area contributed by atoms with Crippen molar-refractivity contribution in [2.24, 2.45) is 5.10 Å². The van der Waals surface area contributed by atoms with Gasteiger partial charge in [-0.2, -0.15) is 5.10 Å². The van der Waals surface area contributed by atoms with Crippen molar-refractivity contribution in [1.82, 2.24) is 5.43 Å². The lowest BCUT2D eigenvalue weighted by atomic mass is 10.4. The van der Waals surface area contributed by atoms with E-state index in [1.807, 2.05) is 48.5 Å². The Morgan fingerprint density at radius 3 is 1.33 bits per heavy atom. The summed E-state index contributed by atoms with van der Waals surface area (Å²) < 4.78 is 0. The van der Waals surface area contributed by atoms with Crippen molar-refractivity contribution >= 4 is 17.6 Å². The SMILES string of the molecule is CC.CC.CC(=O)NN=C(C)C.CCC.CCCC(=O)O. The summed E-state index contributed by atoms with van der Waals surface area (Å²) in [5.74, 6) is -0.844. The molecule has 0 rings (SSSR count). The lowest BCUT2D eigenvalue weighted by Gasteiger charge is -1.90. The van der Waals surface area contributed by atoms with E-state index in [-0.39, 0.29) is 5.91 Å². The number of amides is 1. The van der Waals surface area contributed by atoms with Gasteiger partial charge in [0.05, 0.1) is 0 Å². The van der Waals surface area contributed by atoms with Gasteiger partial charge in [0.15, 0.2) is 0 Å². The Balaban J connectivity index is -0.0000000580. The molecule has 0 spiro atoms. The molecule has 0 aliphatic heterocycles. The molecule has 0 aromatic carbocycles. The Morgan fingerprint density at radius 2 is 1.29 bits per heavy atom. The number of hydrogen-bond acceptors (Lipinski definition) is 3. The monoisotopic (exact) mass is 306 g/mol. The van der Waals surface area contributed by atoms with Gasteiger partial charge in [0.1, 0.15) is 0 Å². The number of rotatable bonds is 3. The zero-order valence-corrected chi connectivity index (χ0v) is 15.8. The number of nitrogens with zero attached hydrogens (tertiary/aromatic N) is 1. The summed E-state index contributed by atoms with van der Waals surface area (Å²) in [7, 11) is 0. The van der Waals surface area contributed by atoms with Gasteiger partial charge >= 0.3 is 5.97 Å². The third-order valence-electron chi connectivity index (χ3n) is 0.901. The Labute approximate surface area is 132 Å². The molecule has 0 aliphatic rings. The van der Waals surface area contributed by atoms with Crippen LogP contribution in [0.15, 0.2) is 5.10 Å². The fourth-order valence-corrected chi connectivity index (χ4v) is 0.404. The number of carboxylic acid groups (broad SMARTS) is 1. The molecule has 2 N–H and O–H groups in total. The molecule has 0 bridgehead atoms. The van der Waals surface area contributed by atoms with Crippen molar-refractivity contribution in [2.45, 2.75) is 88.5 Å². The second kappa shape index (κ2) is 36.3. The zero-order chi connectivity index (χ0) is 18.3. The van der Waals surface area contributed by atoms with Crippen LogP contribution in [-0.4, -0.2) is 22.7 Å². The first-order chi connectivity index (χ1) is 9.81. The van der Waals surface area contributed by atoms with Gasteiger partial charge < -0.3 is 5.11 Å².